The van der Waals surface area contributed by atoms with Crippen LogP contribution in [0.2, 0.25) is 10.0 Å². The number of amides is 1. The molecule has 9 heteroatoms. The Labute approximate surface area is 195 Å². The average Bonchev–Trinajstić information content (AvgIpc) is 3.12. The molecule has 1 aromatic heterocycles. The minimum absolute atomic E-state index is 0.155. The van der Waals surface area contributed by atoms with Gasteiger partial charge in [0.15, 0.2) is 11.0 Å². The molecule has 6 nitrogen and oxygen atoms in total. The van der Waals surface area contributed by atoms with Crippen molar-refractivity contribution in [3.63, 3.8) is 0 Å². The normalized spacial score (nSPS) is 10.7. The van der Waals surface area contributed by atoms with E-state index in [1.807, 2.05) is 30.5 Å². The van der Waals surface area contributed by atoms with E-state index in [2.05, 4.69) is 22.1 Å². The topological polar surface area (TPSA) is 69.0 Å². The molecule has 0 aliphatic rings. The number of rotatable bonds is 9. The van der Waals surface area contributed by atoms with Crippen molar-refractivity contribution in [2.75, 3.05) is 11.1 Å². The number of ether oxygens (including phenoxy) is 1. The maximum Gasteiger partial charge on any atom is 0.234 e. The van der Waals surface area contributed by atoms with Crippen LogP contribution >= 0.6 is 35.0 Å². The summed E-state index contributed by atoms with van der Waals surface area (Å²) >= 11 is 13.4. The van der Waals surface area contributed by atoms with Gasteiger partial charge in [-0.15, -0.1) is 16.8 Å². The molecular weight excluding hydrogens is 455 g/mol. The van der Waals surface area contributed by atoms with Gasteiger partial charge >= 0.3 is 0 Å². The number of hydrogen-bond acceptors (Lipinski definition) is 5. The predicted molar refractivity (Wildman–Crippen MR) is 126 cm³/mol. The van der Waals surface area contributed by atoms with Gasteiger partial charge in [-0.3, -0.25) is 9.36 Å². The number of hydrogen-bond donors (Lipinski definition) is 1. The molecule has 3 aromatic rings. The molecule has 0 fully saturated rings. The third-order valence-corrected chi connectivity index (χ3v) is 6.03. The highest BCUT2D eigenvalue weighted by Gasteiger charge is 2.15. The lowest BCUT2D eigenvalue weighted by Gasteiger charge is -2.11. The molecule has 0 radical (unpaired) electrons. The molecule has 3 rings (SSSR count). The largest absolute Gasteiger partial charge is 0.486 e. The zero-order chi connectivity index (χ0) is 22.4. The van der Waals surface area contributed by atoms with Gasteiger partial charge in [-0.2, -0.15) is 0 Å². The number of benzene rings is 2. The summed E-state index contributed by atoms with van der Waals surface area (Å²) in [6.07, 6.45) is 1.75. The molecule has 0 atom stereocenters. The fourth-order valence-electron chi connectivity index (χ4n) is 2.75. The van der Waals surface area contributed by atoms with Crippen LogP contribution in [-0.2, 0) is 17.9 Å². The van der Waals surface area contributed by atoms with Gasteiger partial charge in [0, 0.05) is 22.3 Å². The van der Waals surface area contributed by atoms with Crippen molar-refractivity contribution in [1.82, 2.24) is 14.8 Å². The van der Waals surface area contributed by atoms with Gasteiger partial charge in [0.05, 0.1) is 5.75 Å². The van der Waals surface area contributed by atoms with Crippen molar-refractivity contribution >= 4 is 46.6 Å². The van der Waals surface area contributed by atoms with Crippen LogP contribution in [0.5, 0.6) is 5.75 Å². The second-order valence-corrected chi connectivity index (χ2v) is 8.58. The maximum atomic E-state index is 12.4. The van der Waals surface area contributed by atoms with E-state index in [9.17, 15) is 4.79 Å². The van der Waals surface area contributed by atoms with Crippen molar-refractivity contribution in [2.24, 2.45) is 0 Å². The van der Waals surface area contributed by atoms with Gasteiger partial charge in [-0.05, 0) is 55.3 Å². The number of aryl methyl sites for hydroxylation is 2. The lowest BCUT2D eigenvalue weighted by atomic mass is 10.2. The molecule has 0 unspecified atom stereocenters. The van der Waals surface area contributed by atoms with E-state index in [1.54, 1.807) is 30.3 Å². The summed E-state index contributed by atoms with van der Waals surface area (Å²) in [5, 5.41) is 13.2. The Kier molecular flexibility index (Phi) is 8.01. The van der Waals surface area contributed by atoms with Crippen LogP contribution < -0.4 is 10.1 Å². The Bertz CT molecular complexity index is 1100. The summed E-state index contributed by atoms with van der Waals surface area (Å²) < 4.78 is 7.71. The lowest BCUT2D eigenvalue weighted by molar-refractivity contribution is -0.113. The van der Waals surface area contributed by atoms with Gasteiger partial charge in [-0.25, -0.2) is 0 Å². The molecule has 0 saturated carbocycles. The molecule has 2 aromatic carbocycles. The second kappa shape index (κ2) is 10.7. The quantitative estimate of drug-likeness (QED) is 0.316. The maximum absolute atomic E-state index is 12.4. The Hall–Kier alpha value is -2.48. The van der Waals surface area contributed by atoms with Crippen LogP contribution in [0.15, 0.2) is 54.2 Å². The van der Waals surface area contributed by atoms with Crippen molar-refractivity contribution in [2.45, 2.75) is 32.2 Å². The Balaban J connectivity index is 1.64. The minimum atomic E-state index is -0.155. The molecule has 1 heterocycles. The summed E-state index contributed by atoms with van der Waals surface area (Å²) in [6.45, 7) is 8.36. The Morgan fingerprint density at radius 2 is 2.00 bits per heavy atom. The van der Waals surface area contributed by atoms with Crippen molar-refractivity contribution in [1.29, 1.82) is 0 Å². The molecule has 0 spiro atoms. The van der Waals surface area contributed by atoms with Crippen LogP contribution in [0.4, 0.5) is 5.69 Å². The first kappa shape index (κ1) is 23.2. The average molecular weight is 477 g/mol. The van der Waals surface area contributed by atoms with Gasteiger partial charge in [-0.1, -0.05) is 47.1 Å². The first-order valence-corrected chi connectivity index (χ1v) is 11.2. The highest BCUT2D eigenvalue weighted by molar-refractivity contribution is 7.99. The highest BCUT2D eigenvalue weighted by atomic mass is 35.5. The van der Waals surface area contributed by atoms with Gasteiger partial charge in [0.25, 0.3) is 0 Å². The number of nitrogens with zero attached hydrogens (tertiary/aromatic N) is 3. The van der Waals surface area contributed by atoms with Gasteiger partial charge in [0.2, 0.25) is 5.91 Å². The monoisotopic (exact) mass is 476 g/mol. The fourth-order valence-corrected chi connectivity index (χ4v) is 3.80. The number of halogens is 2. The molecule has 1 amide bonds. The number of anilines is 1. The second-order valence-electron chi connectivity index (χ2n) is 6.79. The summed E-state index contributed by atoms with van der Waals surface area (Å²) in [5.41, 5.74) is 2.57. The summed E-state index contributed by atoms with van der Waals surface area (Å²) in [4.78, 5) is 12.4. The van der Waals surface area contributed by atoms with Crippen LogP contribution in [0, 0.1) is 13.8 Å². The molecule has 0 aliphatic carbocycles. The smallest absolute Gasteiger partial charge is 0.234 e. The third-order valence-electron chi connectivity index (χ3n) is 4.41. The summed E-state index contributed by atoms with van der Waals surface area (Å²) in [6, 6.07) is 10.8. The number of thioether (sulfide) groups is 1. The summed E-state index contributed by atoms with van der Waals surface area (Å²) in [5.74, 6) is 1.36. The summed E-state index contributed by atoms with van der Waals surface area (Å²) in [7, 11) is 0. The number of allylic oxidation sites excluding steroid dienone is 1. The molecule has 1 N–H and O–H groups in total. The van der Waals surface area contributed by atoms with Crippen LogP contribution in [0.1, 0.15) is 17.0 Å². The number of nitrogens with one attached hydrogen (secondary N) is 1. The van der Waals surface area contributed by atoms with Gasteiger partial charge in [0.1, 0.15) is 12.4 Å². The van der Waals surface area contributed by atoms with Crippen LogP contribution in [-0.4, -0.2) is 26.4 Å². The van der Waals surface area contributed by atoms with E-state index in [4.69, 9.17) is 27.9 Å². The molecule has 0 aliphatic heterocycles. The first-order valence-electron chi connectivity index (χ1n) is 9.48. The zero-order valence-corrected chi connectivity index (χ0v) is 19.5. The van der Waals surface area contributed by atoms with Gasteiger partial charge < -0.3 is 10.1 Å². The Morgan fingerprint density at radius 1 is 1.19 bits per heavy atom. The van der Waals surface area contributed by atoms with E-state index >= 15 is 0 Å². The number of aromatic nitrogens is 3. The van der Waals surface area contributed by atoms with Crippen molar-refractivity contribution in [3.05, 3.63) is 76.0 Å². The van der Waals surface area contributed by atoms with E-state index in [0.717, 1.165) is 11.1 Å². The molecular formula is C22H22Cl2N4O2S. The van der Waals surface area contributed by atoms with E-state index < -0.39 is 0 Å². The molecule has 162 valence electrons. The number of carbonyl (C=O) groups excluding carboxylic acids is 1. The lowest BCUT2D eigenvalue weighted by Crippen LogP contribution is -2.15. The molecule has 31 heavy (non-hydrogen) atoms. The van der Waals surface area contributed by atoms with E-state index in [0.29, 0.717) is 39.0 Å². The minimum Gasteiger partial charge on any atom is -0.486 e. The predicted octanol–water partition coefficient (Wildman–Crippen LogP) is 5.70. The van der Waals surface area contributed by atoms with Crippen molar-refractivity contribution < 1.29 is 9.53 Å². The van der Waals surface area contributed by atoms with Crippen molar-refractivity contribution in [3.8, 4) is 5.75 Å². The standard InChI is InChI=1S/C22H22Cl2N4O2S/c1-4-9-28-20(12-30-17-7-8-18(24)15(3)10-17)26-27-22(28)31-13-21(29)25-19-11-16(23)6-5-14(19)2/h4-8,10-11H,1,9,12-13H2,2-3H3,(H,25,29). The van der Waals surface area contributed by atoms with E-state index in [1.165, 1.54) is 11.8 Å². The SMILES string of the molecule is C=CCn1c(COc2ccc(Cl)c(C)c2)nnc1SCC(=O)Nc1cc(Cl)ccc1C. The number of carbonyl (C=O) groups is 1. The van der Waals surface area contributed by atoms with Crippen LogP contribution in [0.25, 0.3) is 0 Å². The molecule has 0 saturated heterocycles. The van der Waals surface area contributed by atoms with E-state index in [-0.39, 0.29) is 18.3 Å². The highest BCUT2D eigenvalue weighted by Crippen LogP contribution is 2.24. The Morgan fingerprint density at radius 3 is 2.74 bits per heavy atom. The third kappa shape index (κ3) is 6.26. The fraction of sp³-hybridized carbons (Fsp3) is 0.227. The zero-order valence-electron chi connectivity index (χ0n) is 17.2. The first-order chi connectivity index (χ1) is 14.9. The molecule has 0 bridgehead atoms. The van der Waals surface area contributed by atoms with Crippen LogP contribution in [0.3, 0.4) is 0 Å².